The molecule has 0 atom stereocenters. The predicted molar refractivity (Wildman–Crippen MR) is 68.5 cm³/mol. The minimum atomic E-state index is -0.297. The van der Waals surface area contributed by atoms with E-state index in [1.165, 1.54) is 12.5 Å². The highest BCUT2D eigenvalue weighted by Gasteiger charge is 2.21. The van der Waals surface area contributed by atoms with Gasteiger partial charge in [0.2, 0.25) is 0 Å². The maximum Gasteiger partial charge on any atom is 0.308 e. The first-order chi connectivity index (χ1) is 8.69. The van der Waals surface area contributed by atoms with Crippen molar-refractivity contribution < 1.29 is 14.3 Å². The molecule has 0 spiro atoms. The van der Waals surface area contributed by atoms with E-state index >= 15 is 0 Å². The quantitative estimate of drug-likeness (QED) is 0.467. The maximum atomic E-state index is 10.8. The third kappa shape index (κ3) is 3.19. The Morgan fingerprint density at radius 1 is 1.17 bits per heavy atom. The van der Waals surface area contributed by atoms with Crippen molar-refractivity contribution in [1.29, 1.82) is 0 Å². The molecule has 2 rings (SSSR count). The van der Waals surface area contributed by atoms with Crippen molar-refractivity contribution >= 4 is 12.3 Å². The first-order valence-electron chi connectivity index (χ1n) is 6.42. The zero-order valence-corrected chi connectivity index (χ0v) is 10.6. The molecule has 0 heterocycles. The molecule has 3 nitrogen and oxygen atoms in total. The zero-order chi connectivity index (χ0) is 13.0. The molecule has 1 aliphatic carbocycles. The smallest absolute Gasteiger partial charge is 0.308 e. The molecule has 1 aromatic carbocycles. The summed E-state index contributed by atoms with van der Waals surface area (Å²) in [6.45, 7) is 1.40. The van der Waals surface area contributed by atoms with Gasteiger partial charge in [0.1, 0.15) is 12.0 Å². The predicted octanol–water partition coefficient (Wildman–Crippen LogP) is 3.08. The lowest BCUT2D eigenvalue weighted by molar-refractivity contribution is -0.131. The summed E-state index contributed by atoms with van der Waals surface area (Å²) in [6.07, 6.45) is 5.19. The van der Waals surface area contributed by atoms with E-state index < -0.39 is 0 Å². The normalized spacial score (nSPS) is 23.4. The first kappa shape index (κ1) is 12.8. The summed E-state index contributed by atoms with van der Waals surface area (Å²) < 4.78 is 5.01. The molecule has 0 bridgehead atoms. The van der Waals surface area contributed by atoms with E-state index in [-0.39, 0.29) is 11.9 Å². The number of hydrogen-bond donors (Lipinski definition) is 0. The van der Waals surface area contributed by atoms with Crippen molar-refractivity contribution in [3.63, 3.8) is 0 Å². The fourth-order valence-corrected chi connectivity index (χ4v) is 2.56. The SMILES string of the molecule is CC(=O)Oc1ccc(C2CCC(C=O)CC2)cc1. The van der Waals surface area contributed by atoms with E-state index in [9.17, 15) is 9.59 Å². The summed E-state index contributed by atoms with van der Waals surface area (Å²) in [5.74, 6) is 1.08. The van der Waals surface area contributed by atoms with Gasteiger partial charge in [0.25, 0.3) is 0 Å². The van der Waals surface area contributed by atoms with Crippen molar-refractivity contribution in [3.8, 4) is 5.75 Å². The number of aldehydes is 1. The molecule has 0 saturated heterocycles. The van der Waals surface area contributed by atoms with Crippen molar-refractivity contribution in [1.82, 2.24) is 0 Å². The van der Waals surface area contributed by atoms with Crippen LogP contribution in [-0.2, 0) is 9.59 Å². The molecule has 1 saturated carbocycles. The average Bonchev–Trinajstić information content (AvgIpc) is 2.39. The molecule has 0 radical (unpaired) electrons. The van der Waals surface area contributed by atoms with Crippen molar-refractivity contribution in [2.45, 2.75) is 38.5 Å². The number of esters is 1. The average molecular weight is 246 g/mol. The van der Waals surface area contributed by atoms with Crippen LogP contribution in [0, 0.1) is 5.92 Å². The van der Waals surface area contributed by atoms with E-state index in [2.05, 4.69) is 0 Å². The number of carbonyl (C=O) groups is 2. The molecule has 0 N–H and O–H groups in total. The molecule has 18 heavy (non-hydrogen) atoms. The molecule has 1 fully saturated rings. The van der Waals surface area contributed by atoms with Gasteiger partial charge >= 0.3 is 5.97 Å². The summed E-state index contributed by atoms with van der Waals surface area (Å²) in [7, 11) is 0. The van der Waals surface area contributed by atoms with Crippen LogP contribution in [0.1, 0.15) is 44.1 Å². The number of carbonyl (C=O) groups excluding carboxylic acids is 2. The van der Waals surface area contributed by atoms with Crippen molar-refractivity contribution in [3.05, 3.63) is 29.8 Å². The fourth-order valence-electron chi connectivity index (χ4n) is 2.56. The second-order valence-electron chi connectivity index (χ2n) is 4.91. The molecule has 0 amide bonds. The molecule has 1 aliphatic rings. The van der Waals surface area contributed by atoms with Crippen LogP contribution in [0.5, 0.6) is 5.75 Å². The lowest BCUT2D eigenvalue weighted by Gasteiger charge is -2.25. The van der Waals surface area contributed by atoms with Crippen LogP contribution in [-0.4, -0.2) is 12.3 Å². The summed E-state index contributed by atoms with van der Waals surface area (Å²) >= 11 is 0. The third-order valence-electron chi connectivity index (χ3n) is 3.58. The molecule has 1 aromatic rings. The van der Waals surface area contributed by atoms with Crippen LogP contribution in [0.4, 0.5) is 0 Å². The molecular weight excluding hydrogens is 228 g/mol. The highest BCUT2D eigenvalue weighted by molar-refractivity contribution is 5.69. The molecule has 0 aromatic heterocycles. The summed E-state index contributed by atoms with van der Waals surface area (Å²) in [5.41, 5.74) is 1.27. The zero-order valence-electron chi connectivity index (χ0n) is 10.6. The highest BCUT2D eigenvalue weighted by atomic mass is 16.5. The largest absolute Gasteiger partial charge is 0.427 e. The lowest BCUT2D eigenvalue weighted by atomic mass is 9.79. The highest BCUT2D eigenvalue weighted by Crippen LogP contribution is 2.35. The maximum absolute atomic E-state index is 10.8. The van der Waals surface area contributed by atoms with E-state index in [0.29, 0.717) is 11.7 Å². The van der Waals surface area contributed by atoms with Gasteiger partial charge in [0.05, 0.1) is 0 Å². The van der Waals surface area contributed by atoms with E-state index in [4.69, 9.17) is 4.74 Å². The van der Waals surface area contributed by atoms with Crippen LogP contribution in [0.25, 0.3) is 0 Å². The minimum absolute atomic E-state index is 0.251. The molecule has 3 heteroatoms. The summed E-state index contributed by atoms with van der Waals surface area (Å²) in [4.78, 5) is 21.5. The Morgan fingerprint density at radius 2 is 1.78 bits per heavy atom. The molecule has 0 unspecified atom stereocenters. The molecule has 96 valence electrons. The standard InChI is InChI=1S/C15H18O3/c1-11(17)18-15-8-6-14(7-9-15)13-4-2-12(10-16)3-5-13/h6-10,12-13H,2-5H2,1H3. The fraction of sp³-hybridized carbons (Fsp3) is 0.467. The topological polar surface area (TPSA) is 43.4 Å². The van der Waals surface area contributed by atoms with Crippen molar-refractivity contribution in [2.24, 2.45) is 5.92 Å². The Kier molecular flexibility index (Phi) is 4.13. The van der Waals surface area contributed by atoms with E-state index in [1.807, 2.05) is 24.3 Å². The van der Waals surface area contributed by atoms with Gasteiger partial charge in [-0.2, -0.15) is 0 Å². The Bertz CT molecular complexity index is 414. The van der Waals surface area contributed by atoms with Gasteiger partial charge in [0.15, 0.2) is 0 Å². The van der Waals surface area contributed by atoms with Gasteiger partial charge in [0, 0.05) is 12.8 Å². The third-order valence-corrected chi connectivity index (χ3v) is 3.58. The summed E-state index contributed by atoms with van der Waals surface area (Å²) in [6, 6.07) is 7.71. The van der Waals surface area contributed by atoms with Crippen LogP contribution in [0.3, 0.4) is 0 Å². The Labute approximate surface area is 107 Å². The minimum Gasteiger partial charge on any atom is -0.427 e. The molecular formula is C15H18O3. The number of ether oxygens (including phenoxy) is 1. The first-order valence-corrected chi connectivity index (χ1v) is 6.42. The number of rotatable bonds is 3. The van der Waals surface area contributed by atoms with Crippen molar-refractivity contribution in [2.75, 3.05) is 0 Å². The van der Waals surface area contributed by atoms with Crippen LogP contribution >= 0.6 is 0 Å². The number of benzene rings is 1. The Hall–Kier alpha value is -1.64. The molecule has 0 aliphatic heterocycles. The van der Waals surface area contributed by atoms with E-state index in [0.717, 1.165) is 32.0 Å². The number of hydrogen-bond acceptors (Lipinski definition) is 3. The van der Waals surface area contributed by atoms with Crippen LogP contribution < -0.4 is 4.74 Å². The Balaban J connectivity index is 1.97. The lowest BCUT2D eigenvalue weighted by Crippen LogP contribution is -2.14. The second-order valence-corrected chi connectivity index (χ2v) is 4.91. The van der Waals surface area contributed by atoms with Gasteiger partial charge in [-0.3, -0.25) is 4.79 Å². The second kappa shape index (κ2) is 5.80. The van der Waals surface area contributed by atoms with Crippen LogP contribution in [0.15, 0.2) is 24.3 Å². The monoisotopic (exact) mass is 246 g/mol. The Morgan fingerprint density at radius 3 is 2.28 bits per heavy atom. The van der Waals surface area contributed by atoms with Gasteiger partial charge in [-0.25, -0.2) is 0 Å². The van der Waals surface area contributed by atoms with Gasteiger partial charge in [-0.15, -0.1) is 0 Å². The van der Waals surface area contributed by atoms with Gasteiger partial charge in [-0.05, 0) is 49.3 Å². The van der Waals surface area contributed by atoms with E-state index in [1.54, 1.807) is 0 Å². The van der Waals surface area contributed by atoms with Crippen LogP contribution in [0.2, 0.25) is 0 Å². The van der Waals surface area contributed by atoms with Gasteiger partial charge < -0.3 is 9.53 Å². The van der Waals surface area contributed by atoms with Gasteiger partial charge in [-0.1, -0.05) is 12.1 Å². The summed E-state index contributed by atoms with van der Waals surface area (Å²) in [5, 5.41) is 0.